The predicted molar refractivity (Wildman–Crippen MR) is 76.9 cm³/mol. The number of carboxylic acids is 1. The second-order valence-corrected chi connectivity index (χ2v) is 5.85. The van der Waals surface area contributed by atoms with Gasteiger partial charge in [0.25, 0.3) is 0 Å². The summed E-state index contributed by atoms with van der Waals surface area (Å²) in [4.78, 5) is 23.2. The molecule has 0 bridgehead atoms. The Labute approximate surface area is 130 Å². The number of alkyl halides is 3. The summed E-state index contributed by atoms with van der Waals surface area (Å²) in [5.41, 5.74) is 2.00. The van der Waals surface area contributed by atoms with E-state index in [1.165, 1.54) is 0 Å². The van der Waals surface area contributed by atoms with Gasteiger partial charge in [-0.3, -0.25) is 4.79 Å². The molecule has 1 atom stereocenters. The summed E-state index contributed by atoms with van der Waals surface area (Å²) in [6, 6.07) is 3.63. The molecule has 0 heterocycles. The van der Waals surface area contributed by atoms with Crippen molar-refractivity contribution in [3.8, 4) is 0 Å². The first-order valence-corrected chi connectivity index (χ1v) is 7.36. The van der Waals surface area contributed by atoms with E-state index >= 15 is 0 Å². The van der Waals surface area contributed by atoms with Crippen molar-refractivity contribution in [2.75, 3.05) is 5.75 Å². The van der Waals surface area contributed by atoms with Crippen LogP contribution in [0.2, 0.25) is 0 Å². The molecule has 22 heavy (non-hydrogen) atoms. The van der Waals surface area contributed by atoms with E-state index in [1.807, 2.05) is 37.4 Å². The molecule has 1 unspecified atom stereocenters. The molecule has 0 aliphatic heterocycles. The van der Waals surface area contributed by atoms with Crippen molar-refractivity contribution >= 4 is 23.6 Å². The van der Waals surface area contributed by atoms with Gasteiger partial charge in [-0.25, -0.2) is 4.79 Å². The maximum Gasteiger partial charge on any atom is 0.391 e. The van der Waals surface area contributed by atoms with Crippen LogP contribution < -0.4 is 5.32 Å². The van der Waals surface area contributed by atoms with Crippen molar-refractivity contribution in [2.24, 2.45) is 0 Å². The van der Waals surface area contributed by atoms with Crippen LogP contribution in [0.25, 0.3) is 0 Å². The van der Waals surface area contributed by atoms with Gasteiger partial charge < -0.3 is 10.4 Å². The maximum atomic E-state index is 12.2. The zero-order chi connectivity index (χ0) is 16.9. The fourth-order valence-corrected chi connectivity index (χ4v) is 2.59. The lowest BCUT2D eigenvalue weighted by Gasteiger charge is -2.16. The predicted octanol–water partition coefficient (Wildman–Crippen LogP) is 2.92. The molecule has 4 nitrogen and oxygen atoms in total. The first-order chi connectivity index (χ1) is 10.1. The van der Waals surface area contributed by atoms with Gasteiger partial charge in [-0.1, -0.05) is 17.7 Å². The Morgan fingerprint density at radius 3 is 2.45 bits per heavy atom. The van der Waals surface area contributed by atoms with E-state index in [4.69, 9.17) is 5.11 Å². The molecule has 1 rings (SSSR count). The largest absolute Gasteiger partial charge is 0.480 e. The van der Waals surface area contributed by atoms with Crippen LogP contribution in [0.5, 0.6) is 0 Å². The molecule has 0 fully saturated rings. The number of aliphatic carboxylic acids is 1. The minimum Gasteiger partial charge on any atom is -0.480 e. The van der Waals surface area contributed by atoms with Crippen LogP contribution >= 0.6 is 11.8 Å². The zero-order valence-electron chi connectivity index (χ0n) is 12.0. The number of rotatable bonds is 6. The van der Waals surface area contributed by atoms with Crippen LogP contribution in [-0.4, -0.2) is 35.0 Å². The number of nitrogens with one attached hydrogen (secondary N) is 1. The summed E-state index contributed by atoms with van der Waals surface area (Å²) in [6.45, 7) is 3.78. The molecule has 2 N–H and O–H groups in total. The molecule has 122 valence electrons. The third-order valence-corrected chi connectivity index (χ3v) is 3.93. The molecular formula is C14H16F3NO3S. The molecule has 1 aromatic carbocycles. The normalized spacial score (nSPS) is 12.8. The molecule has 0 aliphatic carbocycles. The number of halogens is 3. The van der Waals surface area contributed by atoms with E-state index in [0.717, 1.165) is 27.8 Å². The van der Waals surface area contributed by atoms with Crippen molar-refractivity contribution in [1.82, 2.24) is 5.32 Å². The minimum atomic E-state index is -4.66. The summed E-state index contributed by atoms with van der Waals surface area (Å²) in [5, 5.41) is 10.6. The quantitative estimate of drug-likeness (QED) is 0.785. The SMILES string of the molecule is Cc1ccc(SCC(=O)NC(CC(F)(F)F)C(=O)O)c(C)c1. The Morgan fingerprint density at radius 1 is 1.32 bits per heavy atom. The molecule has 0 spiro atoms. The van der Waals surface area contributed by atoms with E-state index in [1.54, 1.807) is 0 Å². The first kappa shape index (κ1) is 18.3. The molecular weight excluding hydrogens is 319 g/mol. The van der Waals surface area contributed by atoms with Gasteiger partial charge in [0.1, 0.15) is 6.04 Å². The van der Waals surface area contributed by atoms with Crippen LogP contribution in [0.1, 0.15) is 17.5 Å². The number of thioether (sulfide) groups is 1. The van der Waals surface area contributed by atoms with Crippen molar-refractivity contribution in [2.45, 2.75) is 37.4 Å². The van der Waals surface area contributed by atoms with Gasteiger partial charge in [0.15, 0.2) is 0 Å². The lowest BCUT2D eigenvalue weighted by atomic mass is 10.2. The van der Waals surface area contributed by atoms with Crippen molar-refractivity contribution in [3.05, 3.63) is 29.3 Å². The lowest BCUT2D eigenvalue weighted by Crippen LogP contribution is -2.44. The number of benzene rings is 1. The summed E-state index contributed by atoms with van der Waals surface area (Å²) >= 11 is 1.15. The highest BCUT2D eigenvalue weighted by molar-refractivity contribution is 8.00. The van der Waals surface area contributed by atoms with E-state index in [2.05, 4.69) is 0 Å². The van der Waals surface area contributed by atoms with Crippen molar-refractivity contribution in [1.29, 1.82) is 0 Å². The van der Waals surface area contributed by atoms with E-state index < -0.39 is 30.5 Å². The molecule has 0 saturated heterocycles. The van der Waals surface area contributed by atoms with Gasteiger partial charge >= 0.3 is 12.1 Å². The number of carboxylic acid groups (broad SMARTS) is 1. The van der Waals surface area contributed by atoms with Gasteiger partial charge in [-0.05, 0) is 25.5 Å². The third kappa shape index (κ3) is 6.38. The second-order valence-electron chi connectivity index (χ2n) is 4.84. The molecule has 8 heteroatoms. The average Bonchev–Trinajstić information content (AvgIpc) is 2.35. The molecule has 0 saturated carbocycles. The lowest BCUT2D eigenvalue weighted by molar-refractivity contribution is -0.159. The van der Waals surface area contributed by atoms with E-state index in [9.17, 15) is 22.8 Å². The van der Waals surface area contributed by atoms with Crippen LogP contribution in [0.3, 0.4) is 0 Å². The zero-order valence-corrected chi connectivity index (χ0v) is 12.8. The van der Waals surface area contributed by atoms with Gasteiger partial charge in [0.2, 0.25) is 5.91 Å². The third-order valence-electron chi connectivity index (χ3n) is 2.76. The minimum absolute atomic E-state index is 0.147. The standard InChI is InChI=1S/C14H16F3NO3S/c1-8-3-4-11(9(2)5-8)22-7-12(19)18-10(13(20)21)6-14(15,16)17/h3-5,10H,6-7H2,1-2H3,(H,18,19)(H,20,21). The Morgan fingerprint density at radius 2 is 1.95 bits per heavy atom. The number of carbonyl (C=O) groups is 2. The molecule has 1 amide bonds. The first-order valence-electron chi connectivity index (χ1n) is 6.37. The Hall–Kier alpha value is -1.70. The number of amides is 1. The van der Waals surface area contributed by atoms with Gasteiger partial charge in [0, 0.05) is 4.90 Å². The summed E-state index contributed by atoms with van der Waals surface area (Å²) < 4.78 is 36.7. The second kappa shape index (κ2) is 7.53. The monoisotopic (exact) mass is 335 g/mol. The van der Waals surface area contributed by atoms with Crippen molar-refractivity contribution < 1.29 is 27.9 Å². The van der Waals surface area contributed by atoms with Crippen molar-refractivity contribution in [3.63, 3.8) is 0 Å². The number of hydrogen-bond donors (Lipinski definition) is 2. The van der Waals surface area contributed by atoms with Gasteiger partial charge in [-0.15, -0.1) is 11.8 Å². The number of hydrogen-bond acceptors (Lipinski definition) is 3. The maximum absolute atomic E-state index is 12.2. The fourth-order valence-electron chi connectivity index (χ4n) is 1.77. The van der Waals surface area contributed by atoms with Gasteiger partial charge in [0.05, 0.1) is 12.2 Å². The Bertz CT molecular complexity index is 561. The molecule has 1 aromatic rings. The van der Waals surface area contributed by atoms with Gasteiger partial charge in [-0.2, -0.15) is 13.2 Å². The van der Waals surface area contributed by atoms with Crippen LogP contribution in [0.4, 0.5) is 13.2 Å². The van der Waals surface area contributed by atoms with E-state index in [0.29, 0.717) is 0 Å². The molecule has 0 aliphatic rings. The van der Waals surface area contributed by atoms with E-state index in [-0.39, 0.29) is 5.75 Å². The Kier molecular flexibility index (Phi) is 6.28. The highest BCUT2D eigenvalue weighted by atomic mass is 32.2. The fraction of sp³-hybridized carbons (Fsp3) is 0.429. The topological polar surface area (TPSA) is 66.4 Å². The molecule has 0 radical (unpaired) electrons. The highest BCUT2D eigenvalue weighted by Gasteiger charge is 2.36. The average molecular weight is 335 g/mol. The summed E-state index contributed by atoms with van der Waals surface area (Å²) in [6.07, 6.45) is -6.25. The van der Waals surface area contributed by atoms with Crippen LogP contribution in [0.15, 0.2) is 23.1 Å². The Balaban J connectivity index is 2.59. The highest BCUT2D eigenvalue weighted by Crippen LogP contribution is 2.24. The number of carbonyl (C=O) groups excluding carboxylic acids is 1. The molecule has 0 aromatic heterocycles. The van der Waals surface area contributed by atoms with Crippen LogP contribution in [0, 0.1) is 13.8 Å². The smallest absolute Gasteiger partial charge is 0.391 e. The number of aryl methyl sites for hydroxylation is 2. The summed E-state index contributed by atoms with van der Waals surface area (Å²) in [7, 11) is 0. The summed E-state index contributed by atoms with van der Waals surface area (Å²) in [5.74, 6) is -2.60. The van der Waals surface area contributed by atoms with Crippen LogP contribution in [-0.2, 0) is 9.59 Å².